The van der Waals surface area contributed by atoms with Crippen LogP contribution in [0.25, 0.3) is 0 Å². The summed E-state index contributed by atoms with van der Waals surface area (Å²) in [5, 5.41) is 0.270. The van der Waals surface area contributed by atoms with Crippen molar-refractivity contribution < 1.29 is 19.1 Å². The number of carbonyl (C=O) groups is 3. The number of aldehydes is 1. The van der Waals surface area contributed by atoms with Crippen molar-refractivity contribution >= 4 is 29.6 Å². The predicted molar refractivity (Wildman–Crippen MR) is 77.1 cm³/mol. The number of rotatable bonds is 4. The van der Waals surface area contributed by atoms with Gasteiger partial charge in [0.1, 0.15) is 0 Å². The summed E-state index contributed by atoms with van der Waals surface area (Å²) in [5.74, 6) is -1.19. The Morgan fingerprint density at radius 3 is 2.48 bits per heavy atom. The standard InChI is InChI=1S/C15H12ClNO4/c1-8-12(13(15(20)21-2)11(7-18)17-8)14(19)9-5-3-4-6-10(9)16/h3-7,17H,1-2H3. The molecule has 0 atom stereocenters. The second kappa shape index (κ2) is 5.93. The Balaban J connectivity index is 2.66. The van der Waals surface area contributed by atoms with Crippen LogP contribution >= 0.6 is 11.6 Å². The molecule has 0 spiro atoms. The number of halogens is 1. The highest BCUT2D eigenvalue weighted by molar-refractivity contribution is 6.35. The number of aromatic amines is 1. The number of benzene rings is 1. The second-order valence-electron chi connectivity index (χ2n) is 4.33. The van der Waals surface area contributed by atoms with Gasteiger partial charge < -0.3 is 9.72 Å². The van der Waals surface area contributed by atoms with E-state index in [0.717, 1.165) is 0 Å². The molecular formula is C15H12ClNO4. The van der Waals surface area contributed by atoms with E-state index in [9.17, 15) is 14.4 Å². The molecule has 1 aromatic carbocycles. The molecule has 2 aromatic rings. The van der Waals surface area contributed by atoms with Crippen LogP contribution in [0.1, 0.15) is 42.5 Å². The number of ketones is 1. The first kappa shape index (κ1) is 15.0. The molecule has 0 amide bonds. The van der Waals surface area contributed by atoms with Gasteiger partial charge in [0.25, 0.3) is 0 Å². The van der Waals surface area contributed by atoms with E-state index in [0.29, 0.717) is 12.0 Å². The first-order valence-electron chi connectivity index (χ1n) is 6.06. The smallest absolute Gasteiger partial charge is 0.340 e. The maximum Gasteiger partial charge on any atom is 0.340 e. The van der Waals surface area contributed by atoms with Gasteiger partial charge in [-0.15, -0.1) is 0 Å². The van der Waals surface area contributed by atoms with Crippen LogP contribution in [0.4, 0.5) is 0 Å². The fourth-order valence-electron chi connectivity index (χ4n) is 2.12. The van der Waals surface area contributed by atoms with Crippen LogP contribution in [0.3, 0.4) is 0 Å². The third-order valence-electron chi connectivity index (χ3n) is 3.07. The van der Waals surface area contributed by atoms with Crippen LogP contribution < -0.4 is 0 Å². The Bertz CT molecular complexity index is 733. The van der Waals surface area contributed by atoms with Crippen LogP contribution in [0, 0.1) is 6.92 Å². The number of hydrogen-bond donors (Lipinski definition) is 1. The molecule has 21 heavy (non-hydrogen) atoms. The van der Waals surface area contributed by atoms with E-state index in [2.05, 4.69) is 9.72 Å². The Hall–Kier alpha value is -2.40. The van der Waals surface area contributed by atoms with Gasteiger partial charge in [-0.25, -0.2) is 4.79 Å². The Morgan fingerprint density at radius 2 is 1.90 bits per heavy atom. The average molecular weight is 306 g/mol. The summed E-state index contributed by atoms with van der Waals surface area (Å²) >= 11 is 6.01. The molecule has 2 rings (SSSR count). The lowest BCUT2D eigenvalue weighted by Crippen LogP contribution is -2.12. The number of hydrogen-bond acceptors (Lipinski definition) is 4. The summed E-state index contributed by atoms with van der Waals surface area (Å²) in [7, 11) is 1.18. The maximum absolute atomic E-state index is 12.6. The Kier molecular flexibility index (Phi) is 4.23. The molecule has 0 aliphatic carbocycles. The van der Waals surface area contributed by atoms with Crippen molar-refractivity contribution in [1.29, 1.82) is 0 Å². The van der Waals surface area contributed by atoms with Crippen LogP contribution in [-0.2, 0) is 4.74 Å². The van der Waals surface area contributed by atoms with E-state index in [4.69, 9.17) is 11.6 Å². The van der Waals surface area contributed by atoms with Crippen molar-refractivity contribution in [3.8, 4) is 0 Å². The average Bonchev–Trinajstić information content (AvgIpc) is 2.82. The lowest BCUT2D eigenvalue weighted by Gasteiger charge is -2.06. The Labute approximate surface area is 125 Å². The van der Waals surface area contributed by atoms with Crippen LogP contribution in [0.2, 0.25) is 5.02 Å². The van der Waals surface area contributed by atoms with Crippen molar-refractivity contribution in [1.82, 2.24) is 4.98 Å². The van der Waals surface area contributed by atoms with Gasteiger partial charge in [-0.2, -0.15) is 0 Å². The molecule has 0 aliphatic rings. The van der Waals surface area contributed by atoms with Gasteiger partial charge in [-0.1, -0.05) is 23.7 Å². The van der Waals surface area contributed by atoms with Crippen molar-refractivity contribution in [2.24, 2.45) is 0 Å². The SMILES string of the molecule is COC(=O)c1c(C=O)[nH]c(C)c1C(=O)c1ccccc1Cl. The van der Waals surface area contributed by atoms with Gasteiger partial charge in [0, 0.05) is 11.3 Å². The minimum atomic E-state index is -0.753. The van der Waals surface area contributed by atoms with E-state index >= 15 is 0 Å². The summed E-state index contributed by atoms with van der Waals surface area (Å²) in [6.07, 6.45) is 0.475. The molecule has 0 saturated heterocycles. The molecule has 6 heteroatoms. The monoisotopic (exact) mass is 305 g/mol. The van der Waals surface area contributed by atoms with Crippen LogP contribution in [0.5, 0.6) is 0 Å². The first-order chi connectivity index (χ1) is 10.0. The largest absolute Gasteiger partial charge is 0.465 e. The third-order valence-corrected chi connectivity index (χ3v) is 3.40. The van der Waals surface area contributed by atoms with E-state index in [-0.39, 0.29) is 27.4 Å². The summed E-state index contributed by atoms with van der Waals surface area (Å²) < 4.78 is 4.65. The fourth-order valence-corrected chi connectivity index (χ4v) is 2.34. The zero-order valence-electron chi connectivity index (χ0n) is 11.4. The summed E-state index contributed by atoms with van der Waals surface area (Å²) in [5.41, 5.74) is 0.688. The quantitative estimate of drug-likeness (QED) is 0.535. The van der Waals surface area contributed by atoms with Gasteiger partial charge in [-0.3, -0.25) is 9.59 Å². The molecule has 1 aromatic heterocycles. The molecule has 0 fully saturated rings. The highest BCUT2D eigenvalue weighted by Gasteiger charge is 2.28. The molecule has 0 unspecified atom stereocenters. The number of esters is 1. The predicted octanol–water partition coefficient (Wildman–Crippen LogP) is 2.81. The van der Waals surface area contributed by atoms with Crippen molar-refractivity contribution in [2.45, 2.75) is 6.92 Å². The molecule has 0 radical (unpaired) electrons. The van der Waals surface area contributed by atoms with E-state index < -0.39 is 11.8 Å². The molecule has 108 valence electrons. The fraction of sp³-hybridized carbons (Fsp3) is 0.133. The molecular weight excluding hydrogens is 294 g/mol. The highest BCUT2D eigenvalue weighted by atomic mass is 35.5. The van der Waals surface area contributed by atoms with Gasteiger partial charge in [0.15, 0.2) is 12.1 Å². The minimum absolute atomic E-state index is 0.00903. The van der Waals surface area contributed by atoms with Gasteiger partial charge >= 0.3 is 5.97 Å². The summed E-state index contributed by atoms with van der Waals surface area (Å²) in [6, 6.07) is 6.49. The van der Waals surface area contributed by atoms with Gasteiger partial charge in [0.05, 0.1) is 29.0 Å². The minimum Gasteiger partial charge on any atom is -0.465 e. The topological polar surface area (TPSA) is 76.2 Å². The molecule has 5 nitrogen and oxygen atoms in total. The first-order valence-corrected chi connectivity index (χ1v) is 6.44. The number of H-pyrrole nitrogens is 1. The van der Waals surface area contributed by atoms with Crippen molar-refractivity contribution in [2.75, 3.05) is 7.11 Å². The molecule has 1 heterocycles. The highest BCUT2D eigenvalue weighted by Crippen LogP contribution is 2.25. The molecule has 1 N–H and O–H groups in total. The van der Waals surface area contributed by atoms with Crippen molar-refractivity contribution in [3.05, 3.63) is 57.4 Å². The number of aryl methyl sites for hydroxylation is 1. The summed E-state index contributed by atoms with van der Waals surface area (Å²) in [4.78, 5) is 38.3. The van der Waals surface area contributed by atoms with E-state index in [1.54, 1.807) is 31.2 Å². The van der Waals surface area contributed by atoms with E-state index in [1.165, 1.54) is 7.11 Å². The molecule has 0 bridgehead atoms. The van der Waals surface area contributed by atoms with Gasteiger partial charge in [0.2, 0.25) is 0 Å². The zero-order chi connectivity index (χ0) is 15.6. The number of nitrogens with one attached hydrogen (secondary N) is 1. The molecule has 0 aliphatic heterocycles. The maximum atomic E-state index is 12.6. The Morgan fingerprint density at radius 1 is 1.24 bits per heavy atom. The zero-order valence-corrected chi connectivity index (χ0v) is 12.2. The summed E-state index contributed by atoms with van der Waals surface area (Å²) in [6.45, 7) is 1.60. The number of carbonyl (C=O) groups excluding carboxylic acids is 3. The normalized spacial score (nSPS) is 10.2. The van der Waals surface area contributed by atoms with Crippen LogP contribution in [0.15, 0.2) is 24.3 Å². The number of aromatic nitrogens is 1. The van der Waals surface area contributed by atoms with Gasteiger partial charge in [-0.05, 0) is 19.1 Å². The second-order valence-corrected chi connectivity index (χ2v) is 4.74. The van der Waals surface area contributed by atoms with Crippen LogP contribution in [-0.4, -0.2) is 30.1 Å². The van der Waals surface area contributed by atoms with Crippen molar-refractivity contribution in [3.63, 3.8) is 0 Å². The third kappa shape index (κ3) is 2.60. The number of ether oxygens (including phenoxy) is 1. The lowest BCUT2D eigenvalue weighted by molar-refractivity contribution is 0.0595. The molecule has 0 saturated carbocycles. The van der Waals surface area contributed by atoms with E-state index in [1.807, 2.05) is 0 Å². The number of methoxy groups -OCH3 is 1. The lowest BCUT2D eigenvalue weighted by atomic mass is 9.99.